The Labute approximate surface area is 94.6 Å². The van der Waals surface area contributed by atoms with Crippen LogP contribution in [-0.2, 0) is 4.79 Å². The van der Waals surface area contributed by atoms with Gasteiger partial charge in [0.25, 0.3) is 0 Å². The summed E-state index contributed by atoms with van der Waals surface area (Å²) in [5.41, 5.74) is 0. The minimum absolute atomic E-state index is 0.0394. The second-order valence-electron chi connectivity index (χ2n) is 4.41. The van der Waals surface area contributed by atoms with E-state index in [1.54, 1.807) is 7.05 Å². The summed E-state index contributed by atoms with van der Waals surface area (Å²) in [6.45, 7) is 4.99. The number of rotatable bonds is 5. The molecule has 0 spiro atoms. The minimum atomic E-state index is -0.0394. The van der Waals surface area contributed by atoms with E-state index in [0.717, 1.165) is 12.8 Å². The second-order valence-corrected chi connectivity index (χ2v) is 4.41. The number of hydrogen-bond acceptors (Lipinski definition) is 4. The Hall–Kier alpha value is -0.450. The summed E-state index contributed by atoms with van der Waals surface area (Å²) >= 11 is 0. The van der Waals surface area contributed by atoms with E-state index in [1.165, 1.54) is 0 Å². The molecule has 0 aromatic heterocycles. The molecule has 4 nitrogen and oxygen atoms in total. The van der Waals surface area contributed by atoms with Gasteiger partial charge in [-0.1, -0.05) is 0 Å². The van der Waals surface area contributed by atoms with Crippen molar-refractivity contribution in [3.05, 3.63) is 0 Å². The fraction of sp³-hybridized carbons (Fsp3) is 0.909. The Morgan fingerprint density at radius 1 is 1.20 bits per heavy atom. The van der Waals surface area contributed by atoms with Crippen LogP contribution in [0.1, 0.15) is 13.8 Å². The number of carbonyl (C=O) groups excluding carboxylic acids is 1. The molecule has 0 fully saturated rings. The van der Waals surface area contributed by atoms with E-state index >= 15 is 0 Å². The van der Waals surface area contributed by atoms with E-state index in [-0.39, 0.29) is 6.04 Å². The molecule has 0 unspecified atom stereocenters. The summed E-state index contributed by atoms with van der Waals surface area (Å²) in [6, 6.07) is 0.452. The predicted octanol–water partition coefficient (Wildman–Crippen LogP) is 0.291. The lowest BCUT2D eigenvalue weighted by molar-refractivity contribution is -0.109. The summed E-state index contributed by atoms with van der Waals surface area (Å²) in [5, 5.41) is 2.93. The third kappa shape index (κ3) is 13.6. The summed E-state index contributed by atoms with van der Waals surface area (Å²) in [7, 11) is 9.81. The average Bonchev–Trinajstić information content (AvgIpc) is 2.12. The highest BCUT2D eigenvalue weighted by atomic mass is 16.1. The van der Waals surface area contributed by atoms with Crippen LogP contribution in [0.15, 0.2) is 0 Å². The molecule has 4 heteroatoms. The lowest BCUT2D eigenvalue weighted by Crippen LogP contribution is -2.41. The maximum atomic E-state index is 10.4. The molecule has 0 aliphatic heterocycles. The Balaban J connectivity index is 0. The molecular formula is C11H27N3O. The highest BCUT2D eigenvalue weighted by Gasteiger charge is 2.09. The van der Waals surface area contributed by atoms with Gasteiger partial charge in [-0.2, -0.15) is 0 Å². The van der Waals surface area contributed by atoms with Gasteiger partial charge in [0, 0.05) is 12.6 Å². The summed E-state index contributed by atoms with van der Waals surface area (Å²) in [5.74, 6) is 0. The fourth-order valence-corrected chi connectivity index (χ4v) is 0.723. The Morgan fingerprint density at radius 2 is 1.60 bits per heavy atom. The standard InChI is InChI=1S/C8H18N2O.C3H9N/c1-7(2)10(4)5-8(6-11)9-3;1-4(2)3/h6-9H,5H2,1-4H3;1-3H3/t8-;/m0./s1. The van der Waals surface area contributed by atoms with Crippen molar-refractivity contribution in [2.45, 2.75) is 25.9 Å². The van der Waals surface area contributed by atoms with E-state index in [4.69, 9.17) is 0 Å². The Kier molecular flexibility index (Phi) is 11.4. The average molecular weight is 217 g/mol. The van der Waals surface area contributed by atoms with E-state index in [2.05, 4.69) is 24.1 Å². The Morgan fingerprint density at radius 3 is 1.80 bits per heavy atom. The number of carbonyl (C=O) groups is 1. The quantitative estimate of drug-likeness (QED) is 0.672. The molecule has 0 heterocycles. The first-order valence-corrected chi connectivity index (χ1v) is 5.28. The number of aldehydes is 1. The lowest BCUT2D eigenvalue weighted by Gasteiger charge is -2.23. The smallest absolute Gasteiger partial charge is 0.138 e. The molecule has 1 atom stereocenters. The molecule has 92 valence electrons. The van der Waals surface area contributed by atoms with Gasteiger partial charge < -0.3 is 19.9 Å². The predicted molar refractivity (Wildman–Crippen MR) is 66.3 cm³/mol. The zero-order valence-electron chi connectivity index (χ0n) is 11.2. The monoisotopic (exact) mass is 217 g/mol. The molecule has 15 heavy (non-hydrogen) atoms. The molecule has 1 N–H and O–H groups in total. The van der Waals surface area contributed by atoms with E-state index in [9.17, 15) is 4.79 Å². The normalized spacial score (nSPS) is 12.7. The van der Waals surface area contributed by atoms with Crippen LogP contribution in [0.5, 0.6) is 0 Å². The number of nitrogens with zero attached hydrogens (tertiary/aromatic N) is 2. The zero-order chi connectivity index (χ0) is 12.4. The topological polar surface area (TPSA) is 35.6 Å². The molecule has 0 saturated heterocycles. The van der Waals surface area contributed by atoms with Crippen LogP contribution < -0.4 is 5.32 Å². The van der Waals surface area contributed by atoms with Crippen molar-refractivity contribution in [2.75, 3.05) is 41.8 Å². The highest BCUT2D eigenvalue weighted by Crippen LogP contribution is 1.93. The second kappa shape index (κ2) is 10.1. The molecule has 0 aromatic rings. The molecule has 0 saturated carbocycles. The van der Waals surface area contributed by atoms with Crippen molar-refractivity contribution in [3.63, 3.8) is 0 Å². The molecule has 0 radical (unpaired) electrons. The van der Waals surface area contributed by atoms with Crippen LogP contribution >= 0.6 is 0 Å². The van der Waals surface area contributed by atoms with Crippen LogP contribution in [0, 0.1) is 0 Å². The molecule has 0 aliphatic carbocycles. The van der Waals surface area contributed by atoms with Gasteiger partial charge in [0.15, 0.2) is 0 Å². The van der Waals surface area contributed by atoms with Crippen molar-refractivity contribution in [3.8, 4) is 0 Å². The van der Waals surface area contributed by atoms with Crippen LogP contribution in [0.3, 0.4) is 0 Å². The van der Waals surface area contributed by atoms with Crippen molar-refractivity contribution >= 4 is 6.29 Å². The minimum Gasteiger partial charge on any atom is -0.312 e. The third-order valence-electron chi connectivity index (χ3n) is 1.90. The number of likely N-dealkylation sites (N-methyl/N-ethyl adjacent to an activating group) is 2. The van der Waals surface area contributed by atoms with Crippen LogP contribution in [0.25, 0.3) is 0 Å². The van der Waals surface area contributed by atoms with Crippen molar-refractivity contribution in [1.82, 2.24) is 15.1 Å². The van der Waals surface area contributed by atoms with Crippen LogP contribution in [-0.4, -0.2) is 70.0 Å². The molecule has 0 bridgehead atoms. The van der Waals surface area contributed by atoms with Gasteiger partial charge in [-0.25, -0.2) is 0 Å². The van der Waals surface area contributed by atoms with Gasteiger partial charge in [-0.15, -0.1) is 0 Å². The first-order valence-electron chi connectivity index (χ1n) is 5.28. The fourth-order valence-electron chi connectivity index (χ4n) is 0.723. The molecule has 0 aromatic carbocycles. The van der Waals surface area contributed by atoms with Gasteiger partial charge in [-0.05, 0) is 49.1 Å². The van der Waals surface area contributed by atoms with E-state index in [1.807, 2.05) is 33.1 Å². The van der Waals surface area contributed by atoms with Gasteiger partial charge >= 0.3 is 0 Å². The Bertz CT molecular complexity index is 146. The van der Waals surface area contributed by atoms with Crippen LogP contribution in [0.4, 0.5) is 0 Å². The largest absolute Gasteiger partial charge is 0.312 e. The van der Waals surface area contributed by atoms with Crippen molar-refractivity contribution in [1.29, 1.82) is 0 Å². The summed E-state index contributed by atoms with van der Waals surface area (Å²) in [4.78, 5) is 14.5. The SMILES string of the molecule is CN(C)C.CN[C@H](C=O)CN(C)C(C)C. The molecule has 0 aliphatic rings. The molecular weight excluding hydrogens is 190 g/mol. The van der Waals surface area contributed by atoms with E-state index < -0.39 is 0 Å². The first kappa shape index (κ1) is 17.0. The van der Waals surface area contributed by atoms with Crippen molar-refractivity contribution < 1.29 is 4.79 Å². The van der Waals surface area contributed by atoms with Gasteiger partial charge in [-0.3, -0.25) is 0 Å². The molecule has 0 amide bonds. The van der Waals surface area contributed by atoms with Gasteiger partial charge in [0.05, 0.1) is 6.04 Å². The van der Waals surface area contributed by atoms with Crippen molar-refractivity contribution in [2.24, 2.45) is 0 Å². The number of nitrogens with one attached hydrogen (secondary N) is 1. The van der Waals surface area contributed by atoms with Crippen LogP contribution in [0.2, 0.25) is 0 Å². The van der Waals surface area contributed by atoms with E-state index in [0.29, 0.717) is 6.04 Å². The van der Waals surface area contributed by atoms with Gasteiger partial charge in [0.2, 0.25) is 0 Å². The zero-order valence-corrected chi connectivity index (χ0v) is 11.2. The first-order chi connectivity index (χ1) is 6.84. The lowest BCUT2D eigenvalue weighted by atomic mass is 10.2. The number of hydrogen-bond donors (Lipinski definition) is 1. The highest BCUT2D eigenvalue weighted by molar-refractivity contribution is 5.57. The summed E-state index contributed by atoms with van der Waals surface area (Å²) in [6.07, 6.45) is 0.943. The maximum Gasteiger partial charge on any atom is 0.138 e. The summed E-state index contributed by atoms with van der Waals surface area (Å²) < 4.78 is 0. The van der Waals surface area contributed by atoms with Gasteiger partial charge in [0.1, 0.15) is 6.29 Å². The maximum absolute atomic E-state index is 10.4. The third-order valence-corrected chi connectivity index (χ3v) is 1.90. The molecule has 0 rings (SSSR count).